The minimum absolute atomic E-state index is 0.103. The number of hydrogen-bond acceptors (Lipinski definition) is 5. The SMILES string of the molecule is O=C(O)CC(CCNC(CC(=O)O)C(=O)O)C(=O)O. The van der Waals surface area contributed by atoms with Crippen LogP contribution in [0.4, 0.5) is 0 Å². The predicted octanol–water partition coefficient (Wildman–Crippen LogP) is -0.930. The first-order valence-electron chi connectivity index (χ1n) is 5.36. The largest absolute Gasteiger partial charge is 0.481 e. The van der Waals surface area contributed by atoms with Crippen LogP contribution in [0.5, 0.6) is 0 Å². The van der Waals surface area contributed by atoms with Crippen molar-refractivity contribution in [2.24, 2.45) is 5.92 Å². The molecule has 0 fully saturated rings. The molecule has 0 aromatic heterocycles. The number of carboxylic acids is 4. The van der Waals surface area contributed by atoms with Crippen LogP contribution in [0.25, 0.3) is 0 Å². The summed E-state index contributed by atoms with van der Waals surface area (Å²) in [5.41, 5.74) is 0. The lowest BCUT2D eigenvalue weighted by atomic mass is 10.0. The van der Waals surface area contributed by atoms with Crippen LogP contribution in [0.2, 0.25) is 0 Å². The lowest BCUT2D eigenvalue weighted by Crippen LogP contribution is -2.40. The molecular formula is C10H15NO8. The number of hydrogen-bond donors (Lipinski definition) is 5. The maximum absolute atomic E-state index is 10.7. The van der Waals surface area contributed by atoms with E-state index in [1.165, 1.54) is 0 Å². The Kier molecular flexibility index (Phi) is 7.12. The van der Waals surface area contributed by atoms with Crippen LogP contribution in [0.1, 0.15) is 19.3 Å². The average molecular weight is 277 g/mol. The predicted molar refractivity (Wildman–Crippen MR) is 59.7 cm³/mol. The van der Waals surface area contributed by atoms with Gasteiger partial charge in [0.25, 0.3) is 0 Å². The molecule has 0 aromatic rings. The van der Waals surface area contributed by atoms with E-state index in [1.54, 1.807) is 0 Å². The van der Waals surface area contributed by atoms with Crippen LogP contribution >= 0.6 is 0 Å². The monoisotopic (exact) mass is 277 g/mol. The summed E-state index contributed by atoms with van der Waals surface area (Å²) in [7, 11) is 0. The summed E-state index contributed by atoms with van der Waals surface area (Å²) < 4.78 is 0. The molecule has 0 saturated heterocycles. The third kappa shape index (κ3) is 7.71. The summed E-state index contributed by atoms with van der Waals surface area (Å²) >= 11 is 0. The minimum Gasteiger partial charge on any atom is -0.481 e. The number of nitrogens with one attached hydrogen (secondary N) is 1. The zero-order valence-corrected chi connectivity index (χ0v) is 9.90. The van der Waals surface area contributed by atoms with E-state index in [4.69, 9.17) is 20.4 Å². The zero-order valence-electron chi connectivity index (χ0n) is 9.90. The molecule has 0 aliphatic heterocycles. The summed E-state index contributed by atoms with van der Waals surface area (Å²) in [5.74, 6) is -6.39. The second kappa shape index (κ2) is 8.03. The highest BCUT2D eigenvalue weighted by atomic mass is 16.4. The smallest absolute Gasteiger partial charge is 0.321 e. The van der Waals surface area contributed by atoms with Gasteiger partial charge in [-0.3, -0.25) is 19.2 Å². The highest BCUT2D eigenvalue weighted by Crippen LogP contribution is 2.08. The third-order valence-corrected chi connectivity index (χ3v) is 2.33. The molecule has 0 aliphatic rings. The quantitative estimate of drug-likeness (QED) is 0.339. The van der Waals surface area contributed by atoms with Gasteiger partial charge in [-0.2, -0.15) is 0 Å². The second-order valence-electron chi connectivity index (χ2n) is 3.86. The first-order chi connectivity index (χ1) is 8.73. The lowest BCUT2D eigenvalue weighted by Gasteiger charge is -2.14. The maximum Gasteiger partial charge on any atom is 0.321 e. The highest BCUT2D eigenvalue weighted by Gasteiger charge is 2.23. The Morgan fingerprint density at radius 1 is 0.842 bits per heavy atom. The van der Waals surface area contributed by atoms with Crippen LogP contribution in [0.15, 0.2) is 0 Å². The van der Waals surface area contributed by atoms with Crippen molar-refractivity contribution in [3.05, 3.63) is 0 Å². The molecule has 0 aliphatic carbocycles. The summed E-state index contributed by atoms with van der Waals surface area (Å²) in [6.07, 6.45) is -1.33. The molecule has 108 valence electrons. The standard InChI is InChI=1S/C10H15NO8/c12-7(13)3-5(9(16)17)1-2-11-6(10(18)19)4-8(14)15/h5-6,11H,1-4H2,(H,12,13)(H,14,15)(H,16,17)(H,18,19). The van der Waals surface area contributed by atoms with E-state index in [2.05, 4.69) is 5.32 Å². The fourth-order valence-electron chi connectivity index (χ4n) is 1.38. The molecule has 0 radical (unpaired) electrons. The van der Waals surface area contributed by atoms with E-state index < -0.39 is 48.7 Å². The van der Waals surface area contributed by atoms with Gasteiger partial charge in [0.1, 0.15) is 6.04 Å². The fraction of sp³-hybridized carbons (Fsp3) is 0.600. The molecule has 0 amide bonds. The molecule has 0 aromatic carbocycles. The van der Waals surface area contributed by atoms with Crippen molar-refractivity contribution in [2.45, 2.75) is 25.3 Å². The Balaban J connectivity index is 4.28. The lowest BCUT2D eigenvalue weighted by molar-refractivity contribution is -0.148. The summed E-state index contributed by atoms with van der Waals surface area (Å²) in [4.78, 5) is 42.2. The Morgan fingerprint density at radius 3 is 1.74 bits per heavy atom. The van der Waals surface area contributed by atoms with Crippen LogP contribution in [-0.2, 0) is 19.2 Å². The average Bonchev–Trinajstić information content (AvgIpc) is 2.24. The molecule has 5 N–H and O–H groups in total. The molecule has 2 atom stereocenters. The fourth-order valence-corrected chi connectivity index (χ4v) is 1.38. The summed E-state index contributed by atoms with van der Waals surface area (Å²) in [5, 5.41) is 36.8. The Hall–Kier alpha value is -2.16. The molecule has 19 heavy (non-hydrogen) atoms. The van der Waals surface area contributed by atoms with Crippen molar-refractivity contribution in [3.8, 4) is 0 Å². The van der Waals surface area contributed by atoms with Gasteiger partial charge in [-0.05, 0) is 13.0 Å². The first kappa shape index (κ1) is 16.8. The number of rotatable bonds is 10. The Morgan fingerprint density at radius 2 is 1.37 bits per heavy atom. The van der Waals surface area contributed by atoms with Gasteiger partial charge >= 0.3 is 23.9 Å². The molecule has 0 rings (SSSR count). The number of carbonyl (C=O) groups is 4. The molecule has 0 spiro atoms. The molecule has 0 heterocycles. The highest BCUT2D eigenvalue weighted by molar-refractivity contribution is 5.80. The second-order valence-corrected chi connectivity index (χ2v) is 3.86. The molecular weight excluding hydrogens is 262 g/mol. The number of carboxylic acid groups (broad SMARTS) is 4. The van der Waals surface area contributed by atoms with Crippen molar-refractivity contribution >= 4 is 23.9 Å². The zero-order chi connectivity index (χ0) is 15.0. The van der Waals surface area contributed by atoms with Crippen LogP contribution < -0.4 is 5.32 Å². The van der Waals surface area contributed by atoms with Gasteiger partial charge in [-0.25, -0.2) is 0 Å². The van der Waals surface area contributed by atoms with Gasteiger partial charge in [0, 0.05) is 0 Å². The normalized spacial score (nSPS) is 13.5. The van der Waals surface area contributed by atoms with Crippen LogP contribution in [-0.4, -0.2) is 56.9 Å². The molecule has 9 nitrogen and oxygen atoms in total. The van der Waals surface area contributed by atoms with E-state index in [-0.39, 0.29) is 13.0 Å². The van der Waals surface area contributed by atoms with Crippen molar-refractivity contribution < 1.29 is 39.6 Å². The third-order valence-electron chi connectivity index (χ3n) is 2.33. The first-order valence-corrected chi connectivity index (χ1v) is 5.36. The van der Waals surface area contributed by atoms with Crippen molar-refractivity contribution in [1.29, 1.82) is 0 Å². The van der Waals surface area contributed by atoms with Gasteiger partial charge < -0.3 is 25.7 Å². The van der Waals surface area contributed by atoms with Gasteiger partial charge in [-0.1, -0.05) is 0 Å². The van der Waals surface area contributed by atoms with Gasteiger partial charge in [0.15, 0.2) is 0 Å². The summed E-state index contributed by atoms with van der Waals surface area (Å²) in [6, 6.07) is -1.34. The Bertz CT molecular complexity index is 333. The van der Waals surface area contributed by atoms with Gasteiger partial charge in [-0.15, -0.1) is 0 Å². The molecule has 2 unspecified atom stereocenters. The minimum atomic E-state index is -1.37. The van der Waals surface area contributed by atoms with Crippen molar-refractivity contribution in [2.75, 3.05) is 6.54 Å². The van der Waals surface area contributed by atoms with Gasteiger partial charge in [0.05, 0.1) is 18.8 Å². The van der Waals surface area contributed by atoms with Crippen LogP contribution in [0, 0.1) is 5.92 Å². The summed E-state index contributed by atoms with van der Waals surface area (Å²) in [6.45, 7) is -0.103. The van der Waals surface area contributed by atoms with Crippen LogP contribution in [0.3, 0.4) is 0 Å². The van der Waals surface area contributed by atoms with E-state index in [9.17, 15) is 19.2 Å². The van der Waals surface area contributed by atoms with Crippen molar-refractivity contribution in [3.63, 3.8) is 0 Å². The number of aliphatic carboxylic acids is 4. The maximum atomic E-state index is 10.7. The van der Waals surface area contributed by atoms with E-state index in [1.807, 2.05) is 0 Å². The molecule has 0 saturated carbocycles. The molecule has 9 heteroatoms. The topological polar surface area (TPSA) is 161 Å². The van der Waals surface area contributed by atoms with E-state index >= 15 is 0 Å². The van der Waals surface area contributed by atoms with E-state index in [0.717, 1.165) is 0 Å². The van der Waals surface area contributed by atoms with Crippen molar-refractivity contribution in [1.82, 2.24) is 5.32 Å². The molecule has 0 bridgehead atoms. The Labute approximate surface area is 107 Å². The van der Waals surface area contributed by atoms with Gasteiger partial charge in [0.2, 0.25) is 0 Å². The van der Waals surface area contributed by atoms with E-state index in [0.29, 0.717) is 0 Å².